The van der Waals surface area contributed by atoms with Crippen molar-refractivity contribution in [1.82, 2.24) is 14.5 Å². The molecule has 180 valence electrons. The summed E-state index contributed by atoms with van der Waals surface area (Å²) in [6.07, 6.45) is 0.845. The molecular formula is C29H30BrN3O2. The second-order valence-electron chi connectivity index (χ2n) is 9.33. The number of amides is 1. The van der Waals surface area contributed by atoms with Crippen LogP contribution in [0, 0.1) is 12.8 Å². The van der Waals surface area contributed by atoms with Crippen LogP contribution in [0.15, 0.2) is 82.1 Å². The Morgan fingerprint density at radius 2 is 1.63 bits per heavy atom. The predicted molar refractivity (Wildman–Crippen MR) is 145 cm³/mol. The molecule has 35 heavy (non-hydrogen) atoms. The molecule has 5 nitrogen and oxygen atoms in total. The minimum absolute atomic E-state index is 0.0667. The zero-order valence-corrected chi connectivity index (χ0v) is 22.1. The fraction of sp³-hybridized carbons (Fsp3) is 0.276. The summed E-state index contributed by atoms with van der Waals surface area (Å²) < 4.78 is 2.57. The summed E-state index contributed by atoms with van der Waals surface area (Å²) in [4.78, 5) is 34.2. The van der Waals surface area contributed by atoms with E-state index in [1.165, 1.54) is 0 Å². The Morgan fingerprint density at radius 1 is 0.971 bits per heavy atom. The molecule has 6 heteroatoms. The number of aryl methyl sites for hydroxylation is 1. The number of rotatable bonds is 7. The number of para-hydroxylation sites is 1. The van der Waals surface area contributed by atoms with E-state index in [0.717, 1.165) is 16.5 Å². The molecule has 0 aliphatic carbocycles. The Bertz CT molecular complexity index is 1390. The van der Waals surface area contributed by atoms with Gasteiger partial charge in [0.25, 0.3) is 11.5 Å². The van der Waals surface area contributed by atoms with E-state index in [1.807, 2.05) is 85.5 Å². The topological polar surface area (TPSA) is 55.2 Å². The molecule has 1 unspecified atom stereocenters. The highest BCUT2D eigenvalue weighted by atomic mass is 79.9. The van der Waals surface area contributed by atoms with Crippen molar-refractivity contribution in [3.8, 4) is 5.69 Å². The molecule has 1 amide bonds. The third-order valence-corrected chi connectivity index (χ3v) is 6.76. The molecule has 0 aliphatic rings. The monoisotopic (exact) mass is 531 g/mol. The zero-order chi connectivity index (χ0) is 25.1. The summed E-state index contributed by atoms with van der Waals surface area (Å²) in [6.45, 7) is 8.81. The lowest BCUT2D eigenvalue weighted by atomic mass is 10.1. The molecule has 4 rings (SSSR count). The first-order valence-corrected chi connectivity index (χ1v) is 12.7. The van der Waals surface area contributed by atoms with Gasteiger partial charge in [0, 0.05) is 16.6 Å². The molecule has 1 aromatic heterocycles. The first-order valence-electron chi connectivity index (χ1n) is 11.9. The number of aromatic nitrogens is 2. The molecular weight excluding hydrogens is 502 g/mol. The van der Waals surface area contributed by atoms with Gasteiger partial charge in [-0.2, -0.15) is 0 Å². The Morgan fingerprint density at radius 3 is 2.29 bits per heavy atom. The van der Waals surface area contributed by atoms with Gasteiger partial charge in [0.1, 0.15) is 5.82 Å². The molecule has 1 heterocycles. The Kier molecular flexibility index (Phi) is 7.51. The quantitative estimate of drug-likeness (QED) is 0.266. The summed E-state index contributed by atoms with van der Waals surface area (Å²) in [5.41, 5.74) is 2.92. The third-order valence-electron chi connectivity index (χ3n) is 6.23. The lowest BCUT2D eigenvalue weighted by Crippen LogP contribution is -2.38. The summed E-state index contributed by atoms with van der Waals surface area (Å²) >= 11 is 3.48. The standard InChI is InChI=1S/C29H30BrN3O2/c1-19(2)17-18-32(28(34)22-11-9-20(3)10-12-22)21(4)27-31-26-8-6-5-7-25(26)29(35)33(27)24-15-13-23(30)14-16-24/h5-16,19,21H,17-18H2,1-4H3. The lowest BCUT2D eigenvalue weighted by Gasteiger charge is -2.31. The van der Waals surface area contributed by atoms with Crippen molar-refractivity contribution in [3.63, 3.8) is 0 Å². The van der Waals surface area contributed by atoms with Crippen LogP contribution < -0.4 is 5.56 Å². The second-order valence-corrected chi connectivity index (χ2v) is 10.2. The van der Waals surface area contributed by atoms with Crippen molar-refractivity contribution in [2.24, 2.45) is 5.92 Å². The lowest BCUT2D eigenvalue weighted by molar-refractivity contribution is 0.0671. The predicted octanol–water partition coefficient (Wildman–Crippen LogP) is 6.71. The van der Waals surface area contributed by atoms with Gasteiger partial charge in [-0.05, 0) is 74.7 Å². The number of hydrogen-bond acceptors (Lipinski definition) is 3. The van der Waals surface area contributed by atoms with Crippen LogP contribution in [0.25, 0.3) is 16.6 Å². The van der Waals surface area contributed by atoms with Gasteiger partial charge in [-0.15, -0.1) is 0 Å². The van der Waals surface area contributed by atoms with E-state index in [2.05, 4.69) is 29.8 Å². The fourth-order valence-corrected chi connectivity index (χ4v) is 4.40. The molecule has 3 aromatic carbocycles. The average molecular weight is 532 g/mol. The highest BCUT2D eigenvalue weighted by Gasteiger charge is 2.27. The van der Waals surface area contributed by atoms with E-state index in [0.29, 0.717) is 40.4 Å². The van der Waals surface area contributed by atoms with Crippen LogP contribution >= 0.6 is 15.9 Å². The summed E-state index contributed by atoms with van der Waals surface area (Å²) in [6, 6.07) is 22.1. The van der Waals surface area contributed by atoms with Crippen molar-refractivity contribution >= 4 is 32.7 Å². The van der Waals surface area contributed by atoms with E-state index in [1.54, 1.807) is 10.6 Å². The number of fused-ring (bicyclic) bond motifs is 1. The maximum atomic E-state index is 13.7. The van der Waals surface area contributed by atoms with Crippen LogP contribution in [0.1, 0.15) is 55.0 Å². The van der Waals surface area contributed by atoms with Gasteiger partial charge in [-0.3, -0.25) is 14.2 Å². The first kappa shape index (κ1) is 24.9. The molecule has 0 aliphatic heterocycles. The second kappa shape index (κ2) is 10.6. The summed E-state index contributed by atoms with van der Waals surface area (Å²) in [5.74, 6) is 0.900. The molecule has 0 N–H and O–H groups in total. The van der Waals surface area contributed by atoms with Crippen LogP contribution in [0.4, 0.5) is 0 Å². The maximum absolute atomic E-state index is 13.7. The van der Waals surface area contributed by atoms with Crippen molar-refractivity contribution in [2.45, 2.75) is 40.2 Å². The molecule has 0 saturated heterocycles. The largest absolute Gasteiger partial charge is 0.329 e. The van der Waals surface area contributed by atoms with Gasteiger partial charge in [0.05, 0.1) is 22.6 Å². The van der Waals surface area contributed by atoms with E-state index in [-0.39, 0.29) is 11.5 Å². The van der Waals surface area contributed by atoms with Crippen LogP contribution in [-0.4, -0.2) is 26.9 Å². The third kappa shape index (κ3) is 5.38. The normalized spacial score (nSPS) is 12.2. The smallest absolute Gasteiger partial charge is 0.266 e. The number of carbonyl (C=O) groups is 1. The molecule has 0 fully saturated rings. The molecule has 1 atom stereocenters. The molecule has 0 bridgehead atoms. The highest BCUT2D eigenvalue weighted by Crippen LogP contribution is 2.26. The summed E-state index contributed by atoms with van der Waals surface area (Å²) in [5, 5.41) is 0.546. The number of carbonyl (C=O) groups excluding carboxylic acids is 1. The molecule has 0 radical (unpaired) electrons. The average Bonchev–Trinajstić information content (AvgIpc) is 2.85. The SMILES string of the molecule is Cc1ccc(C(=O)N(CCC(C)C)C(C)c2nc3ccccc3c(=O)n2-c2ccc(Br)cc2)cc1. The Balaban J connectivity index is 1.88. The van der Waals surface area contributed by atoms with Crippen molar-refractivity contribution in [1.29, 1.82) is 0 Å². The molecule has 0 saturated carbocycles. The molecule has 4 aromatic rings. The minimum Gasteiger partial charge on any atom is -0.329 e. The van der Waals surface area contributed by atoms with Crippen molar-refractivity contribution in [3.05, 3.63) is 105 Å². The van der Waals surface area contributed by atoms with Gasteiger partial charge in [0.15, 0.2) is 0 Å². The number of hydrogen-bond donors (Lipinski definition) is 0. The van der Waals surface area contributed by atoms with E-state index >= 15 is 0 Å². The molecule has 0 spiro atoms. The van der Waals surface area contributed by atoms with E-state index in [4.69, 9.17) is 4.98 Å². The maximum Gasteiger partial charge on any atom is 0.266 e. The van der Waals surface area contributed by atoms with Crippen LogP contribution in [-0.2, 0) is 0 Å². The van der Waals surface area contributed by atoms with Gasteiger partial charge < -0.3 is 4.90 Å². The van der Waals surface area contributed by atoms with Crippen LogP contribution in [0.3, 0.4) is 0 Å². The minimum atomic E-state index is -0.427. The number of nitrogens with zero attached hydrogens (tertiary/aromatic N) is 3. The zero-order valence-electron chi connectivity index (χ0n) is 20.5. The fourth-order valence-electron chi connectivity index (χ4n) is 4.14. The van der Waals surface area contributed by atoms with Crippen LogP contribution in [0.2, 0.25) is 0 Å². The highest BCUT2D eigenvalue weighted by molar-refractivity contribution is 9.10. The van der Waals surface area contributed by atoms with E-state index < -0.39 is 6.04 Å². The first-order chi connectivity index (χ1) is 16.8. The van der Waals surface area contributed by atoms with Gasteiger partial charge >= 0.3 is 0 Å². The van der Waals surface area contributed by atoms with Crippen molar-refractivity contribution in [2.75, 3.05) is 6.54 Å². The number of halogens is 1. The number of benzene rings is 3. The summed E-state index contributed by atoms with van der Waals surface area (Å²) in [7, 11) is 0. The van der Waals surface area contributed by atoms with Gasteiger partial charge in [-0.25, -0.2) is 4.98 Å². The Labute approximate surface area is 214 Å². The van der Waals surface area contributed by atoms with Crippen LogP contribution in [0.5, 0.6) is 0 Å². The van der Waals surface area contributed by atoms with Gasteiger partial charge in [-0.1, -0.05) is 59.6 Å². The van der Waals surface area contributed by atoms with Gasteiger partial charge in [0.2, 0.25) is 0 Å². The van der Waals surface area contributed by atoms with E-state index in [9.17, 15) is 9.59 Å². The van der Waals surface area contributed by atoms with Crippen molar-refractivity contribution < 1.29 is 4.79 Å². The Hall–Kier alpha value is -3.25.